The fourth-order valence-electron chi connectivity index (χ4n) is 1.77. The van der Waals surface area contributed by atoms with Gasteiger partial charge in [-0.05, 0) is 26.8 Å². The summed E-state index contributed by atoms with van der Waals surface area (Å²) in [7, 11) is 0. The van der Waals surface area contributed by atoms with Crippen molar-refractivity contribution < 1.29 is 9.90 Å². The number of hydrogen-bond acceptors (Lipinski definition) is 2. The van der Waals surface area contributed by atoms with Crippen LogP contribution in [0.3, 0.4) is 0 Å². The molecule has 0 bridgehead atoms. The number of aliphatic carboxylic acids is 1. The number of nitrogens with zero attached hydrogens (tertiary/aromatic N) is 1. The first-order valence-corrected chi connectivity index (χ1v) is 5.53. The van der Waals surface area contributed by atoms with Gasteiger partial charge in [-0.15, -0.1) is 0 Å². The van der Waals surface area contributed by atoms with Crippen molar-refractivity contribution in [2.45, 2.75) is 59.0 Å². The lowest BCUT2D eigenvalue weighted by molar-refractivity contribution is -0.144. The van der Waals surface area contributed by atoms with Gasteiger partial charge in [-0.1, -0.05) is 26.7 Å². The molecule has 0 aromatic rings. The fourth-order valence-corrected chi connectivity index (χ4v) is 1.77. The summed E-state index contributed by atoms with van der Waals surface area (Å²) in [5.41, 5.74) is 0. The van der Waals surface area contributed by atoms with Gasteiger partial charge < -0.3 is 5.11 Å². The molecule has 0 spiro atoms. The number of unbranched alkanes of at least 4 members (excludes halogenated alkanes) is 1. The van der Waals surface area contributed by atoms with Crippen LogP contribution in [0.4, 0.5) is 0 Å². The molecule has 0 aliphatic carbocycles. The van der Waals surface area contributed by atoms with Crippen molar-refractivity contribution >= 4 is 5.97 Å². The number of carboxylic acids is 1. The van der Waals surface area contributed by atoms with E-state index in [1.807, 2.05) is 25.7 Å². The molecule has 3 heteroatoms. The van der Waals surface area contributed by atoms with Crippen LogP contribution in [0.15, 0.2) is 0 Å². The summed E-state index contributed by atoms with van der Waals surface area (Å²) in [4.78, 5) is 13.1. The summed E-state index contributed by atoms with van der Waals surface area (Å²) in [5, 5.41) is 9.11. The third-order valence-corrected chi connectivity index (χ3v) is 2.54. The van der Waals surface area contributed by atoms with Crippen molar-refractivity contribution in [1.29, 1.82) is 0 Å². The van der Waals surface area contributed by atoms with Gasteiger partial charge in [-0.3, -0.25) is 9.69 Å². The summed E-state index contributed by atoms with van der Waals surface area (Å²) >= 11 is 0. The molecule has 0 saturated carbocycles. The number of likely N-dealkylation sites (N-methyl/N-ethyl adjacent to an activating group) is 1. The van der Waals surface area contributed by atoms with Crippen molar-refractivity contribution in [1.82, 2.24) is 4.90 Å². The highest BCUT2D eigenvalue weighted by molar-refractivity contribution is 5.73. The third kappa shape index (κ3) is 4.09. The molecular formula is C11H23NO2. The molecule has 0 aliphatic rings. The zero-order chi connectivity index (χ0) is 11.1. The lowest BCUT2D eigenvalue weighted by atomic mass is 10.1. The highest BCUT2D eigenvalue weighted by Gasteiger charge is 2.25. The van der Waals surface area contributed by atoms with Gasteiger partial charge in [0.15, 0.2) is 0 Å². The van der Waals surface area contributed by atoms with Gasteiger partial charge in [-0.2, -0.15) is 0 Å². The Hall–Kier alpha value is -0.570. The second-order valence-corrected chi connectivity index (χ2v) is 3.92. The Bertz CT molecular complexity index is 169. The SMILES string of the molecule is CCCCC(C(=O)O)N(CC)C(C)C. The van der Waals surface area contributed by atoms with Crippen molar-refractivity contribution in [3.63, 3.8) is 0 Å². The third-order valence-electron chi connectivity index (χ3n) is 2.54. The first-order chi connectivity index (χ1) is 6.54. The minimum Gasteiger partial charge on any atom is -0.480 e. The van der Waals surface area contributed by atoms with Gasteiger partial charge in [0.1, 0.15) is 6.04 Å². The van der Waals surface area contributed by atoms with Crippen LogP contribution >= 0.6 is 0 Å². The van der Waals surface area contributed by atoms with Crippen molar-refractivity contribution in [2.75, 3.05) is 6.54 Å². The van der Waals surface area contributed by atoms with E-state index >= 15 is 0 Å². The highest BCUT2D eigenvalue weighted by Crippen LogP contribution is 2.12. The average molecular weight is 201 g/mol. The van der Waals surface area contributed by atoms with E-state index in [2.05, 4.69) is 6.92 Å². The Morgan fingerprint density at radius 1 is 1.36 bits per heavy atom. The van der Waals surface area contributed by atoms with E-state index in [1.54, 1.807) is 0 Å². The van der Waals surface area contributed by atoms with E-state index in [0.717, 1.165) is 25.8 Å². The van der Waals surface area contributed by atoms with Gasteiger partial charge in [0.2, 0.25) is 0 Å². The first-order valence-electron chi connectivity index (χ1n) is 5.53. The topological polar surface area (TPSA) is 40.5 Å². The van der Waals surface area contributed by atoms with E-state index in [-0.39, 0.29) is 6.04 Å². The summed E-state index contributed by atoms with van der Waals surface area (Å²) in [6.45, 7) is 9.00. The largest absolute Gasteiger partial charge is 0.480 e. The Labute approximate surface area is 87.1 Å². The number of rotatable bonds is 7. The molecular weight excluding hydrogens is 178 g/mol. The molecule has 0 saturated heterocycles. The Balaban J connectivity index is 4.36. The molecule has 0 aromatic heterocycles. The van der Waals surface area contributed by atoms with Gasteiger partial charge in [-0.25, -0.2) is 0 Å². The monoisotopic (exact) mass is 201 g/mol. The van der Waals surface area contributed by atoms with Crippen LogP contribution in [-0.2, 0) is 4.79 Å². The van der Waals surface area contributed by atoms with E-state index in [4.69, 9.17) is 5.11 Å². The Morgan fingerprint density at radius 2 is 1.93 bits per heavy atom. The maximum absolute atomic E-state index is 11.1. The highest BCUT2D eigenvalue weighted by atomic mass is 16.4. The standard InChI is InChI=1S/C11H23NO2/c1-5-7-8-10(11(13)14)12(6-2)9(3)4/h9-10H,5-8H2,1-4H3,(H,13,14). The molecule has 0 fully saturated rings. The number of carboxylic acid groups (broad SMARTS) is 1. The van der Waals surface area contributed by atoms with Crippen LogP contribution in [0.25, 0.3) is 0 Å². The quantitative estimate of drug-likeness (QED) is 0.687. The molecule has 0 heterocycles. The summed E-state index contributed by atoms with van der Waals surface area (Å²) in [6, 6.07) is -0.00194. The molecule has 0 aliphatic heterocycles. The second-order valence-electron chi connectivity index (χ2n) is 3.92. The molecule has 84 valence electrons. The van der Waals surface area contributed by atoms with Crippen molar-refractivity contribution in [3.05, 3.63) is 0 Å². The van der Waals surface area contributed by atoms with E-state index in [1.165, 1.54) is 0 Å². The normalized spacial score (nSPS) is 13.6. The van der Waals surface area contributed by atoms with Crippen LogP contribution in [0.1, 0.15) is 47.0 Å². The smallest absolute Gasteiger partial charge is 0.320 e. The lowest BCUT2D eigenvalue weighted by Gasteiger charge is -2.31. The predicted molar refractivity (Wildman–Crippen MR) is 58.5 cm³/mol. The molecule has 0 aromatic carbocycles. The number of hydrogen-bond donors (Lipinski definition) is 1. The number of carbonyl (C=O) groups is 1. The minimum atomic E-state index is -0.686. The summed E-state index contributed by atoms with van der Waals surface area (Å²) in [6.07, 6.45) is 2.80. The van der Waals surface area contributed by atoms with Crippen LogP contribution in [0, 0.1) is 0 Å². The molecule has 1 N–H and O–H groups in total. The van der Waals surface area contributed by atoms with Gasteiger partial charge in [0.25, 0.3) is 0 Å². The van der Waals surface area contributed by atoms with Crippen LogP contribution < -0.4 is 0 Å². The van der Waals surface area contributed by atoms with Gasteiger partial charge in [0, 0.05) is 6.04 Å². The van der Waals surface area contributed by atoms with E-state index in [9.17, 15) is 4.79 Å². The van der Waals surface area contributed by atoms with E-state index in [0.29, 0.717) is 6.04 Å². The molecule has 14 heavy (non-hydrogen) atoms. The van der Waals surface area contributed by atoms with Crippen molar-refractivity contribution in [3.8, 4) is 0 Å². The van der Waals surface area contributed by atoms with E-state index < -0.39 is 5.97 Å². The van der Waals surface area contributed by atoms with Gasteiger partial charge >= 0.3 is 5.97 Å². The fraction of sp³-hybridized carbons (Fsp3) is 0.909. The zero-order valence-corrected chi connectivity index (χ0v) is 9.79. The summed E-state index contributed by atoms with van der Waals surface area (Å²) < 4.78 is 0. The van der Waals surface area contributed by atoms with Gasteiger partial charge in [0.05, 0.1) is 0 Å². The van der Waals surface area contributed by atoms with Crippen molar-refractivity contribution in [2.24, 2.45) is 0 Å². The maximum Gasteiger partial charge on any atom is 0.320 e. The molecule has 0 radical (unpaired) electrons. The Morgan fingerprint density at radius 3 is 2.21 bits per heavy atom. The molecule has 1 atom stereocenters. The first kappa shape index (κ1) is 13.4. The average Bonchev–Trinajstić information content (AvgIpc) is 2.10. The van der Waals surface area contributed by atoms with Crippen LogP contribution in [0.2, 0.25) is 0 Å². The zero-order valence-electron chi connectivity index (χ0n) is 9.79. The predicted octanol–water partition coefficient (Wildman–Crippen LogP) is 2.36. The Kier molecular flexibility index (Phi) is 6.54. The van der Waals surface area contributed by atoms with Crippen LogP contribution in [0.5, 0.6) is 0 Å². The maximum atomic E-state index is 11.1. The molecule has 0 amide bonds. The molecule has 3 nitrogen and oxygen atoms in total. The molecule has 1 unspecified atom stereocenters. The minimum absolute atomic E-state index is 0.304. The second kappa shape index (κ2) is 6.82. The molecule has 0 rings (SSSR count). The summed E-state index contributed by atoms with van der Waals surface area (Å²) in [5.74, 6) is -0.686. The lowest BCUT2D eigenvalue weighted by Crippen LogP contribution is -2.45. The van der Waals surface area contributed by atoms with Crippen LogP contribution in [-0.4, -0.2) is 34.6 Å².